The van der Waals surface area contributed by atoms with Gasteiger partial charge in [-0.2, -0.15) is 0 Å². The first-order chi connectivity index (χ1) is 8.29. The smallest absolute Gasteiger partial charge is 0.148 e. The summed E-state index contributed by atoms with van der Waals surface area (Å²) in [5.74, 6) is 6.97. The summed E-state index contributed by atoms with van der Waals surface area (Å²) in [4.78, 5) is 8.35. The van der Waals surface area contributed by atoms with Crippen molar-refractivity contribution < 1.29 is 5.11 Å². The molecular weight excluding hydrogens is 230 g/mol. The third-order valence-electron chi connectivity index (χ3n) is 3.08. The highest BCUT2D eigenvalue weighted by molar-refractivity contribution is 5.59. The van der Waals surface area contributed by atoms with Gasteiger partial charge in [0.1, 0.15) is 18.0 Å². The Hall–Kier alpha value is -1.40. The summed E-state index contributed by atoms with van der Waals surface area (Å²) >= 11 is 0. The van der Waals surface area contributed by atoms with Crippen molar-refractivity contribution in [2.24, 2.45) is 5.84 Å². The zero-order valence-corrected chi connectivity index (χ0v) is 11.7. The molecule has 1 rings (SSSR count). The maximum absolute atomic E-state index is 9.75. The summed E-state index contributed by atoms with van der Waals surface area (Å²) in [6.07, 6.45) is 0.934. The van der Waals surface area contributed by atoms with Crippen molar-refractivity contribution in [1.29, 1.82) is 0 Å². The minimum absolute atomic E-state index is 0.213. The number of rotatable bonds is 5. The van der Waals surface area contributed by atoms with Crippen molar-refractivity contribution in [3.8, 4) is 0 Å². The fourth-order valence-electron chi connectivity index (χ4n) is 1.57. The highest BCUT2D eigenvalue weighted by Gasteiger charge is 2.26. The maximum atomic E-state index is 9.75. The van der Waals surface area contributed by atoms with Gasteiger partial charge in [-0.05, 0) is 26.7 Å². The molecule has 1 aromatic rings. The first-order valence-corrected chi connectivity index (χ1v) is 6.07. The average molecular weight is 253 g/mol. The fourth-order valence-corrected chi connectivity index (χ4v) is 1.57. The number of nitrogens with zero attached hydrogens (tertiary/aromatic N) is 2. The predicted octanol–water partition coefficient (Wildman–Crippen LogP) is 1.46. The third kappa shape index (κ3) is 3.08. The van der Waals surface area contributed by atoms with Crippen LogP contribution in [-0.4, -0.2) is 26.7 Å². The molecule has 6 nitrogen and oxygen atoms in total. The van der Waals surface area contributed by atoms with Gasteiger partial charge in [-0.1, -0.05) is 13.8 Å². The van der Waals surface area contributed by atoms with Crippen molar-refractivity contribution in [3.63, 3.8) is 0 Å². The molecule has 0 saturated heterocycles. The first kappa shape index (κ1) is 14.7. The number of hydrogen-bond donors (Lipinski definition) is 4. The third-order valence-corrected chi connectivity index (χ3v) is 3.08. The number of aromatic nitrogens is 2. The van der Waals surface area contributed by atoms with E-state index in [1.54, 1.807) is 6.92 Å². The molecule has 0 saturated carbocycles. The molecule has 1 atom stereocenters. The van der Waals surface area contributed by atoms with Gasteiger partial charge in [0.25, 0.3) is 0 Å². The second-order valence-electron chi connectivity index (χ2n) is 5.31. The quantitative estimate of drug-likeness (QED) is 0.468. The lowest BCUT2D eigenvalue weighted by atomic mass is 9.97. The van der Waals surface area contributed by atoms with Crippen LogP contribution in [0.15, 0.2) is 6.33 Å². The number of anilines is 2. The van der Waals surface area contributed by atoms with Gasteiger partial charge in [0.2, 0.25) is 0 Å². The zero-order chi connectivity index (χ0) is 13.9. The lowest BCUT2D eigenvalue weighted by Crippen LogP contribution is -2.42. The molecule has 6 heteroatoms. The van der Waals surface area contributed by atoms with Gasteiger partial charge in [0.05, 0.1) is 11.6 Å². The summed E-state index contributed by atoms with van der Waals surface area (Å²) in [5.41, 5.74) is 3.01. The Morgan fingerprint density at radius 1 is 1.22 bits per heavy atom. The minimum Gasteiger partial charge on any atom is -0.391 e. The summed E-state index contributed by atoms with van der Waals surface area (Å²) in [7, 11) is 0. The van der Waals surface area contributed by atoms with Gasteiger partial charge in [0, 0.05) is 5.56 Å². The number of nitrogen functional groups attached to an aromatic ring is 1. The molecule has 102 valence electrons. The standard InChI is InChI=1S/C12H23N5O/c1-7(2)9-10(14-6-15-11(9)17-13)16-12(4,5)8(3)18/h6-8,18H,13H2,1-5H3,(H2,14,15,16,17). The molecule has 18 heavy (non-hydrogen) atoms. The first-order valence-electron chi connectivity index (χ1n) is 6.07. The SMILES string of the molecule is CC(C)c1c(NN)ncnc1NC(C)(C)C(C)O. The molecule has 0 bridgehead atoms. The summed E-state index contributed by atoms with van der Waals surface area (Å²) < 4.78 is 0. The molecular formula is C12H23N5O. The van der Waals surface area contributed by atoms with Gasteiger partial charge in [0.15, 0.2) is 0 Å². The Labute approximate surface area is 108 Å². The predicted molar refractivity (Wildman–Crippen MR) is 73.3 cm³/mol. The van der Waals surface area contributed by atoms with E-state index in [9.17, 15) is 5.11 Å². The van der Waals surface area contributed by atoms with E-state index in [0.29, 0.717) is 11.6 Å². The van der Waals surface area contributed by atoms with Crippen LogP contribution in [0.2, 0.25) is 0 Å². The van der Waals surface area contributed by atoms with E-state index >= 15 is 0 Å². The van der Waals surface area contributed by atoms with Crippen LogP contribution in [0.1, 0.15) is 46.1 Å². The normalized spacial score (nSPS) is 13.6. The summed E-state index contributed by atoms with van der Waals surface area (Å²) in [6.45, 7) is 9.66. The number of nitrogens with one attached hydrogen (secondary N) is 2. The van der Waals surface area contributed by atoms with E-state index in [1.165, 1.54) is 6.33 Å². The Balaban J connectivity index is 3.17. The van der Waals surface area contributed by atoms with E-state index < -0.39 is 11.6 Å². The number of hydrazine groups is 1. The minimum atomic E-state index is -0.512. The Morgan fingerprint density at radius 2 is 1.78 bits per heavy atom. The molecule has 0 aliphatic carbocycles. The van der Waals surface area contributed by atoms with Crippen LogP contribution in [0.3, 0.4) is 0 Å². The molecule has 0 spiro atoms. The molecule has 0 amide bonds. The molecule has 0 aliphatic heterocycles. The number of nitrogens with two attached hydrogens (primary N) is 1. The molecule has 1 unspecified atom stereocenters. The van der Waals surface area contributed by atoms with Gasteiger partial charge in [-0.15, -0.1) is 0 Å². The Bertz CT molecular complexity index is 403. The van der Waals surface area contributed by atoms with Crippen LogP contribution >= 0.6 is 0 Å². The fraction of sp³-hybridized carbons (Fsp3) is 0.667. The van der Waals surface area contributed by atoms with Crippen molar-refractivity contribution in [3.05, 3.63) is 11.9 Å². The van der Waals surface area contributed by atoms with E-state index in [2.05, 4.69) is 20.7 Å². The van der Waals surface area contributed by atoms with Gasteiger partial charge < -0.3 is 15.8 Å². The van der Waals surface area contributed by atoms with Crippen LogP contribution < -0.4 is 16.6 Å². The monoisotopic (exact) mass is 253 g/mol. The molecule has 0 fully saturated rings. The largest absolute Gasteiger partial charge is 0.391 e. The van der Waals surface area contributed by atoms with Crippen molar-refractivity contribution in [2.75, 3.05) is 10.7 Å². The van der Waals surface area contributed by atoms with E-state index in [4.69, 9.17) is 5.84 Å². The second-order valence-corrected chi connectivity index (χ2v) is 5.31. The molecule has 0 radical (unpaired) electrons. The molecule has 5 N–H and O–H groups in total. The number of aliphatic hydroxyl groups excluding tert-OH is 1. The highest BCUT2D eigenvalue weighted by atomic mass is 16.3. The second kappa shape index (κ2) is 5.49. The Morgan fingerprint density at radius 3 is 2.22 bits per heavy atom. The van der Waals surface area contributed by atoms with Crippen molar-refractivity contribution in [2.45, 2.75) is 52.2 Å². The summed E-state index contributed by atoms with van der Waals surface area (Å²) in [6, 6.07) is 0. The van der Waals surface area contributed by atoms with Crippen LogP contribution in [0.25, 0.3) is 0 Å². The van der Waals surface area contributed by atoms with Crippen LogP contribution in [-0.2, 0) is 0 Å². The lowest BCUT2D eigenvalue weighted by Gasteiger charge is -2.31. The topological polar surface area (TPSA) is 96.1 Å². The van der Waals surface area contributed by atoms with E-state index in [-0.39, 0.29) is 5.92 Å². The van der Waals surface area contributed by atoms with Crippen LogP contribution in [0.5, 0.6) is 0 Å². The van der Waals surface area contributed by atoms with Crippen molar-refractivity contribution in [1.82, 2.24) is 9.97 Å². The summed E-state index contributed by atoms with van der Waals surface area (Å²) in [5, 5.41) is 13.0. The number of aliphatic hydroxyl groups is 1. The molecule has 0 aliphatic rings. The highest BCUT2D eigenvalue weighted by Crippen LogP contribution is 2.30. The van der Waals surface area contributed by atoms with E-state index in [1.807, 2.05) is 27.7 Å². The molecule has 0 aromatic carbocycles. The van der Waals surface area contributed by atoms with Crippen LogP contribution in [0.4, 0.5) is 11.6 Å². The molecule has 1 heterocycles. The Kier molecular flexibility index (Phi) is 4.48. The average Bonchev–Trinajstić information content (AvgIpc) is 2.27. The van der Waals surface area contributed by atoms with Gasteiger partial charge in [-0.25, -0.2) is 15.8 Å². The van der Waals surface area contributed by atoms with Gasteiger partial charge in [-0.3, -0.25) is 0 Å². The van der Waals surface area contributed by atoms with Crippen LogP contribution in [0, 0.1) is 0 Å². The lowest BCUT2D eigenvalue weighted by molar-refractivity contribution is 0.133. The van der Waals surface area contributed by atoms with Gasteiger partial charge >= 0.3 is 0 Å². The van der Waals surface area contributed by atoms with Crippen molar-refractivity contribution >= 4 is 11.6 Å². The maximum Gasteiger partial charge on any atom is 0.148 e. The van der Waals surface area contributed by atoms with E-state index in [0.717, 1.165) is 5.56 Å². The molecule has 1 aromatic heterocycles. The number of hydrogen-bond acceptors (Lipinski definition) is 6. The zero-order valence-electron chi connectivity index (χ0n) is 11.7.